The van der Waals surface area contributed by atoms with Crippen LogP contribution in [0.1, 0.15) is 23.7 Å². The van der Waals surface area contributed by atoms with E-state index in [9.17, 15) is 4.79 Å². The molecule has 2 N–H and O–H groups in total. The van der Waals surface area contributed by atoms with Crippen LogP contribution in [0.3, 0.4) is 0 Å². The van der Waals surface area contributed by atoms with Crippen molar-refractivity contribution in [2.75, 3.05) is 6.61 Å². The van der Waals surface area contributed by atoms with E-state index in [1.54, 1.807) is 12.1 Å². The highest BCUT2D eigenvalue weighted by atomic mass is 79.9. The highest BCUT2D eigenvalue weighted by Crippen LogP contribution is 2.21. The molecule has 0 aliphatic rings. The molecule has 0 aliphatic heterocycles. The van der Waals surface area contributed by atoms with Crippen molar-refractivity contribution in [3.8, 4) is 0 Å². The van der Waals surface area contributed by atoms with Gasteiger partial charge in [-0.05, 0) is 40.5 Å². The summed E-state index contributed by atoms with van der Waals surface area (Å²) in [5.74, 6) is -0.186. The zero-order valence-corrected chi connectivity index (χ0v) is 12.0. The first-order chi connectivity index (χ1) is 7.58. The molecule has 0 bridgehead atoms. The number of carbonyl (C=O) groups excluding carboxylic acids is 1. The molecule has 1 atom stereocenters. The highest BCUT2D eigenvalue weighted by molar-refractivity contribution is 9.11. The van der Waals surface area contributed by atoms with Crippen molar-refractivity contribution in [1.82, 2.24) is 5.32 Å². The quantitative estimate of drug-likeness (QED) is 0.877. The Labute approximate surface area is 111 Å². The van der Waals surface area contributed by atoms with Crippen molar-refractivity contribution in [1.29, 1.82) is 0 Å². The van der Waals surface area contributed by atoms with Crippen LogP contribution in [0.4, 0.5) is 0 Å². The Hall–Kier alpha value is -0.390. The number of aliphatic hydroxyl groups excluding tert-OH is 1. The molecule has 1 aromatic carbocycles. The molecule has 1 rings (SSSR count). The summed E-state index contributed by atoms with van der Waals surface area (Å²) in [4.78, 5) is 11.9. The Bertz CT molecular complexity index is 378. The molecule has 3 nitrogen and oxygen atoms in total. The Morgan fingerprint density at radius 3 is 2.75 bits per heavy atom. The Morgan fingerprint density at radius 2 is 2.19 bits per heavy atom. The molecule has 88 valence electrons. The average Bonchev–Trinajstić information content (AvgIpc) is 2.28. The molecule has 0 saturated heterocycles. The number of amides is 1. The minimum atomic E-state index is -0.196. The van der Waals surface area contributed by atoms with Gasteiger partial charge in [0, 0.05) is 8.95 Å². The molecule has 0 radical (unpaired) electrons. The van der Waals surface area contributed by atoms with E-state index in [1.807, 2.05) is 13.0 Å². The van der Waals surface area contributed by atoms with Gasteiger partial charge in [0.15, 0.2) is 0 Å². The van der Waals surface area contributed by atoms with E-state index >= 15 is 0 Å². The molecule has 0 aromatic heterocycles. The highest BCUT2D eigenvalue weighted by Gasteiger charge is 2.14. The molecule has 0 unspecified atom stereocenters. The zero-order valence-electron chi connectivity index (χ0n) is 8.84. The van der Waals surface area contributed by atoms with Crippen molar-refractivity contribution in [2.24, 2.45) is 0 Å². The van der Waals surface area contributed by atoms with Gasteiger partial charge in [-0.15, -0.1) is 0 Å². The van der Waals surface area contributed by atoms with Crippen molar-refractivity contribution >= 4 is 37.8 Å². The van der Waals surface area contributed by atoms with Crippen molar-refractivity contribution in [2.45, 2.75) is 19.4 Å². The van der Waals surface area contributed by atoms with Crippen LogP contribution in [0.15, 0.2) is 27.1 Å². The molecule has 16 heavy (non-hydrogen) atoms. The summed E-state index contributed by atoms with van der Waals surface area (Å²) in [6.07, 6.45) is 0.702. The Kier molecular flexibility index (Phi) is 5.44. The summed E-state index contributed by atoms with van der Waals surface area (Å²) in [5.41, 5.74) is 0.557. The first kappa shape index (κ1) is 13.7. The third kappa shape index (κ3) is 3.57. The third-order valence-corrected chi connectivity index (χ3v) is 3.41. The normalized spacial score (nSPS) is 12.2. The lowest BCUT2D eigenvalue weighted by molar-refractivity contribution is 0.0914. The van der Waals surface area contributed by atoms with Gasteiger partial charge < -0.3 is 10.4 Å². The fraction of sp³-hybridized carbons (Fsp3) is 0.364. The number of aliphatic hydroxyl groups is 1. The predicted molar refractivity (Wildman–Crippen MR) is 70.5 cm³/mol. The second kappa shape index (κ2) is 6.37. The molecule has 1 aromatic rings. The first-order valence-electron chi connectivity index (χ1n) is 4.95. The smallest absolute Gasteiger partial charge is 0.252 e. The van der Waals surface area contributed by atoms with Gasteiger partial charge in [0.1, 0.15) is 0 Å². The van der Waals surface area contributed by atoms with Crippen LogP contribution in [0.2, 0.25) is 0 Å². The standard InChI is InChI=1S/C11H13Br2NO2/c1-2-8(6-15)14-11(16)9-5-7(12)3-4-10(9)13/h3-5,8,15H,2,6H2,1H3,(H,14,16)/t8-/m1/s1. The summed E-state index contributed by atoms with van der Waals surface area (Å²) >= 11 is 6.64. The monoisotopic (exact) mass is 349 g/mol. The average molecular weight is 351 g/mol. The number of rotatable bonds is 4. The van der Waals surface area contributed by atoms with Crippen LogP contribution in [0, 0.1) is 0 Å². The van der Waals surface area contributed by atoms with Gasteiger partial charge in [-0.1, -0.05) is 22.9 Å². The van der Waals surface area contributed by atoms with Crippen LogP contribution < -0.4 is 5.32 Å². The van der Waals surface area contributed by atoms with Crippen LogP contribution in [-0.4, -0.2) is 23.7 Å². The number of hydrogen-bond donors (Lipinski definition) is 2. The van der Waals surface area contributed by atoms with Gasteiger partial charge in [-0.25, -0.2) is 0 Å². The first-order valence-corrected chi connectivity index (χ1v) is 6.53. The summed E-state index contributed by atoms with van der Waals surface area (Å²) in [6.45, 7) is 1.87. The molecule has 1 amide bonds. The number of halogens is 2. The van der Waals surface area contributed by atoms with Gasteiger partial charge in [-0.3, -0.25) is 4.79 Å². The summed E-state index contributed by atoms with van der Waals surface area (Å²) in [5, 5.41) is 11.8. The molecular weight excluding hydrogens is 338 g/mol. The van der Waals surface area contributed by atoms with E-state index < -0.39 is 0 Å². The number of benzene rings is 1. The maximum absolute atomic E-state index is 11.9. The second-order valence-corrected chi connectivity index (χ2v) is 5.16. The van der Waals surface area contributed by atoms with Crippen LogP contribution in [0.5, 0.6) is 0 Å². The maximum Gasteiger partial charge on any atom is 0.252 e. The van der Waals surface area contributed by atoms with Crippen molar-refractivity contribution < 1.29 is 9.90 Å². The SMILES string of the molecule is CC[C@H](CO)NC(=O)c1cc(Br)ccc1Br. The summed E-state index contributed by atoms with van der Waals surface area (Å²) in [7, 11) is 0. The lowest BCUT2D eigenvalue weighted by Crippen LogP contribution is -2.37. The van der Waals surface area contributed by atoms with E-state index in [-0.39, 0.29) is 18.6 Å². The lowest BCUT2D eigenvalue weighted by atomic mass is 10.2. The minimum absolute atomic E-state index is 0.0478. The van der Waals surface area contributed by atoms with E-state index in [0.29, 0.717) is 12.0 Å². The Morgan fingerprint density at radius 1 is 1.50 bits per heavy atom. The van der Waals surface area contributed by atoms with E-state index in [0.717, 1.165) is 8.95 Å². The van der Waals surface area contributed by atoms with E-state index in [2.05, 4.69) is 37.2 Å². The molecule has 0 spiro atoms. The Balaban J connectivity index is 2.83. The van der Waals surface area contributed by atoms with Gasteiger partial charge in [-0.2, -0.15) is 0 Å². The summed E-state index contributed by atoms with van der Waals surface area (Å²) in [6, 6.07) is 5.20. The largest absolute Gasteiger partial charge is 0.394 e. The topological polar surface area (TPSA) is 49.3 Å². The van der Waals surface area contributed by atoms with Gasteiger partial charge in [0.2, 0.25) is 0 Å². The second-order valence-electron chi connectivity index (χ2n) is 3.39. The van der Waals surface area contributed by atoms with Crippen molar-refractivity contribution in [3.63, 3.8) is 0 Å². The van der Waals surface area contributed by atoms with E-state index in [4.69, 9.17) is 5.11 Å². The van der Waals surface area contributed by atoms with Crippen LogP contribution in [0.25, 0.3) is 0 Å². The number of hydrogen-bond acceptors (Lipinski definition) is 2. The van der Waals surface area contributed by atoms with E-state index in [1.165, 1.54) is 0 Å². The molecule has 0 heterocycles. The third-order valence-electron chi connectivity index (χ3n) is 2.22. The summed E-state index contributed by atoms with van der Waals surface area (Å²) < 4.78 is 1.58. The van der Waals surface area contributed by atoms with Gasteiger partial charge in [0.05, 0.1) is 18.2 Å². The fourth-order valence-corrected chi connectivity index (χ4v) is 2.00. The fourth-order valence-electron chi connectivity index (χ4n) is 1.21. The molecule has 0 fully saturated rings. The molecule has 0 aliphatic carbocycles. The van der Waals surface area contributed by atoms with Crippen LogP contribution in [-0.2, 0) is 0 Å². The van der Waals surface area contributed by atoms with Gasteiger partial charge >= 0.3 is 0 Å². The predicted octanol–water partition coefficient (Wildman–Crippen LogP) is 2.71. The maximum atomic E-state index is 11.9. The molecular formula is C11H13Br2NO2. The lowest BCUT2D eigenvalue weighted by Gasteiger charge is -2.14. The number of carbonyl (C=O) groups is 1. The zero-order chi connectivity index (χ0) is 12.1. The van der Waals surface area contributed by atoms with Gasteiger partial charge in [0.25, 0.3) is 5.91 Å². The molecule has 5 heteroatoms. The minimum Gasteiger partial charge on any atom is -0.394 e. The molecule has 0 saturated carbocycles. The number of nitrogens with one attached hydrogen (secondary N) is 1. The van der Waals surface area contributed by atoms with Crippen molar-refractivity contribution in [3.05, 3.63) is 32.7 Å². The van der Waals surface area contributed by atoms with Crippen LogP contribution >= 0.6 is 31.9 Å².